The lowest BCUT2D eigenvalue weighted by Crippen LogP contribution is -1.83. The van der Waals surface area contributed by atoms with Crippen LogP contribution in [0.1, 0.15) is 12.0 Å². The maximum Gasteiger partial charge on any atom is 0.0356 e. The first kappa shape index (κ1) is 10.5. The van der Waals surface area contributed by atoms with E-state index in [1.807, 2.05) is 0 Å². The molecule has 14 heavy (non-hydrogen) atoms. The third-order valence-electron chi connectivity index (χ3n) is 2.20. The summed E-state index contributed by atoms with van der Waals surface area (Å²) < 4.78 is 2.50. The van der Waals surface area contributed by atoms with Gasteiger partial charge in [0, 0.05) is 15.1 Å². The molecule has 0 aliphatic heterocycles. The third-order valence-corrected chi connectivity index (χ3v) is 3.95. The number of hydrogen-bond donors (Lipinski definition) is 0. The first-order chi connectivity index (χ1) is 6.81. The standard InChI is InChI=1S/C11H10BrClS/c12-9-3-4-10-8(2-1-5-13)7-14-11(10)6-9/h3-4,6-7H,1-2,5H2. The summed E-state index contributed by atoms with van der Waals surface area (Å²) in [6, 6.07) is 6.45. The molecule has 2 aromatic rings. The van der Waals surface area contributed by atoms with E-state index in [0.717, 1.165) is 23.2 Å². The number of alkyl halides is 1. The number of fused-ring (bicyclic) bond motifs is 1. The van der Waals surface area contributed by atoms with Crippen LogP contribution in [-0.2, 0) is 6.42 Å². The second-order valence-corrected chi connectivity index (χ2v) is 5.40. The van der Waals surface area contributed by atoms with Crippen molar-refractivity contribution in [3.63, 3.8) is 0 Å². The summed E-state index contributed by atoms with van der Waals surface area (Å²) in [6.45, 7) is 0. The maximum atomic E-state index is 5.69. The minimum atomic E-state index is 0.744. The van der Waals surface area contributed by atoms with Gasteiger partial charge in [0.05, 0.1) is 0 Å². The van der Waals surface area contributed by atoms with E-state index in [4.69, 9.17) is 11.6 Å². The zero-order valence-electron chi connectivity index (χ0n) is 7.59. The van der Waals surface area contributed by atoms with Crippen molar-refractivity contribution in [3.8, 4) is 0 Å². The zero-order valence-corrected chi connectivity index (χ0v) is 10.8. The van der Waals surface area contributed by atoms with Crippen LogP contribution in [0, 0.1) is 0 Å². The molecule has 0 fully saturated rings. The largest absolute Gasteiger partial charge is 0.143 e. The monoisotopic (exact) mass is 288 g/mol. The number of aryl methyl sites for hydroxylation is 1. The van der Waals surface area contributed by atoms with E-state index in [9.17, 15) is 0 Å². The number of benzene rings is 1. The highest BCUT2D eigenvalue weighted by Gasteiger charge is 2.03. The fourth-order valence-electron chi connectivity index (χ4n) is 1.51. The van der Waals surface area contributed by atoms with Crippen LogP contribution >= 0.6 is 38.9 Å². The van der Waals surface area contributed by atoms with Gasteiger partial charge in [0.15, 0.2) is 0 Å². The number of rotatable bonds is 3. The highest BCUT2D eigenvalue weighted by atomic mass is 79.9. The Morgan fingerprint density at radius 1 is 1.36 bits per heavy atom. The maximum absolute atomic E-state index is 5.69. The Labute approximate surface area is 101 Å². The molecule has 1 aromatic heterocycles. The molecule has 0 aliphatic carbocycles. The van der Waals surface area contributed by atoms with Crippen LogP contribution in [0.3, 0.4) is 0 Å². The highest BCUT2D eigenvalue weighted by molar-refractivity contribution is 9.10. The van der Waals surface area contributed by atoms with Crippen molar-refractivity contribution in [2.45, 2.75) is 12.8 Å². The highest BCUT2D eigenvalue weighted by Crippen LogP contribution is 2.29. The summed E-state index contributed by atoms with van der Waals surface area (Å²) in [6.07, 6.45) is 2.15. The average molecular weight is 290 g/mol. The van der Waals surface area contributed by atoms with E-state index in [0.29, 0.717) is 0 Å². The molecule has 0 unspecified atom stereocenters. The molecule has 74 valence electrons. The molecule has 0 saturated heterocycles. The summed E-state index contributed by atoms with van der Waals surface area (Å²) in [7, 11) is 0. The quantitative estimate of drug-likeness (QED) is 0.710. The zero-order chi connectivity index (χ0) is 9.97. The summed E-state index contributed by atoms with van der Waals surface area (Å²) in [5.41, 5.74) is 1.43. The summed E-state index contributed by atoms with van der Waals surface area (Å²) in [5, 5.41) is 3.62. The van der Waals surface area contributed by atoms with Crippen LogP contribution in [0.4, 0.5) is 0 Å². The first-order valence-electron chi connectivity index (χ1n) is 4.53. The molecule has 3 heteroatoms. The molecule has 0 spiro atoms. The molecule has 1 aromatic carbocycles. The van der Waals surface area contributed by atoms with Crippen molar-refractivity contribution in [1.29, 1.82) is 0 Å². The van der Waals surface area contributed by atoms with Gasteiger partial charge in [-0.3, -0.25) is 0 Å². The molecule has 0 atom stereocenters. The average Bonchev–Trinajstić information content (AvgIpc) is 2.57. The lowest BCUT2D eigenvalue weighted by Gasteiger charge is -1.97. The van der Waals surface area contributed by atoms with Crippen LogP contribution in [0.2, 0.25) is 0 Å². The Kier molecular flexibility index (Phi) is 3.47. The van der Waals surface area contributed by atoms with Gasteiger partial charge >= 0.3 is 0 Å². The summed E-state index contributed by atoms with van der Waals surface area (Å²) in [4.78, 5) is 0. The Morgan fingerprint density at radius 2 is 2.21 bits per heavy atom. The van der Waals surface area contributed by atoms with Crippen LogP contribution in [0.15, 0.2) is 28.1 Å². The van der Waals surface area contributed by atoms with Crippen LogP contribution in [-0.4, -0.2) is 5.88 Å². The van der Waals surface area contributed by atoms with Crippen molar-refractivity contribution < 1.29 is 0 Å². The van der Waals surface area contributed by atoms with E-state index < -0.39 is 0 Å². The second kappa shape index (κ2) is 4.65. The predicted octanol–water partition coefficient (Wildman–Crippen LogP) is 4.84. The minimum absolute atomic E-state index is 0.744. The van der Waals surface area contributed by atoms with Gasteiger partial charge in [0.2, 0.25) is 0 Å². The smallest absolute Gasteiger partial charge is 0.0356 e. The third kappa shape index (κ3) is 2.13. The molecule has 0 radical (unpaired) electrons. The molecular weight excluding hydrogens is 280 g/mol. The molecule has 1 heterocycles. The number of hydrogen-bond acceptors (Lipinski definition) is 1. The molecular formula is C11H10BrClS. The Bertz CT molecular complexity index is 436. The fraction of sp³-hybridized carbons (Fsp3) is 0.273. The van der Waals surface area contributed by atoms with Crippen LogP contribution in [0.5, 0.6) is 0 Å². The van der Waals surface area contributed by atoms with E-state index in [-0.39, 0.29) is 0 Å². The van der Waals surface area contributed by atoms with Crippen molar-refractivity contribution in [2.24, 2.45) is 0 Å². The normalized spacial score (nSPS) is 11.0. The van der Waals surface area contributed by atoms with Crippen LogP contribution in [0.25, 0.3) is 10.1 Å². The van der Waals surface area contributed by atoms with Gasteiger partial charge in [-0.15, -0.1) is 22.9 Å². The predicted molar refractivity (Wildman–Crippen MR) is 68.6 cm³/mol. The Morgan fingerprint density at radius 3 is 3.00 bits per heavy atom. The van der Waals surface area contributed by atoms with Gasteiger partial charge < -0.3 is 0 Å². The lowest BCUT2D eigenvalue weighted by atomic mass is 10.1. The Hall–Kier alpha value is -0.0500. The summed E-state index contributed by atoms with van der Waals surface area (Å²) in [5.74, 6) is 0.744. The Balaban J connectivity index is 2.37. The fourth-order valence-corrected chi connectivity index (χ4v) is 3.19. The second-order valence-electron chi connectivity index (χ2n) is 3.19. The van der Waals surface area contributed by atoms with E-state index in [1.165, 1.54) is 15.6 Å². The molecule has 0 saturated carbocycles. The van der Waals surface area contributed by atoms with Gasteiger partial charge in [0.1, 0.15) is 0 Å². The molecule has 0 bridgehead atoms. The number of halogens is 2. The van der Waals surface area contributed by atoms with E-state index >= 15 is 0 Å². The van der Waals surface area contributed by atoms with Crippen LogP contribution < -0.4 is 0 Å². The van der Waals surface area contributed by atoms with Crippen molar-refractivity contribution in [3.05, 3.63) is 33.6 Å². The molecule has 0 amide bonds. The molecule has 0 aliphatic rings. The minimum Gasteiger partial charge on any atom is -0.143 e. The van der Waals surface area contributed by atoms with Gasteiger partial charge in [-0.1, -0.05) is 22.0 Å². The van der Waals surface area contributed by atoms with E-state index in [2.05, 4.69) is 39.5 Å². The molecule has 0 nitrogen and oxygen atoms in total. The van der Waals surface area contributed by atoms with E-state index in [1.54, 1.807) is 11.3 Å². The molecule has 2 rings (SSSR count). The van der Waals surface area contributed by atoms with Gasteiger partial charge in [-0.05, 0) is 41.3 Å². The molecule has 0 N–H and O–H groups in total. The number of thiophene rings is 1. The lowest BCUT2D eigenvalue weighted by molar-refractivity contribution is 0.940. The van der Waals surface area contributed by atoms with Crippen molar-refractivity contribution in [1.82, 2.24) is 0 Å². The van der Waals surface area contributed by atoms with Gasteiger partial charge in [-0.25, -0.2) is 0 Å². The van der Waals surface area contributed by atoms with Crippen molar-refractivity contribution in [2.75, 3.05) is 5.88 Å². The summed E-state index contributed by atoms with van der Waals surface area (Å²) >= 11 is 11.0. The first-order valence-corrected chi connectivity index (χ1v) is 6.73. The SMILES string of the molecule is ClCCCc1csc2cc(Br)ccc12. The van der Waals surface area contributed by atoms with Crippen molar-refractivity contribution >= 4 is 49.0 Å². The topological polar surface area (TPSA) is 0 Å². The van der Waals surface area contributed by atoms with Gasteiger partial charge in [-0.2, -0.15) is 0 Å². The van der Waals surface area contributed by atoms with Gasteiger partial charge in [0.25, 0.3) is 0 Å².